The molecule has 0 radical (unpaired) electrons. The average Bonchev–Trinajstić information content (AvgIpc) is 3.21. The highest BCUT2D eigenvalue weighted by Gasteiger charge is 2.23. The summed E-state index contributed by atoms with van der Waals surface area (Å²) in [6.45, 7) is -2.24. The van der Waals surface area contributed by atoms with E-state index in [1.165, 1.54) is 42.5 Å². The maximum Gasteiger partial charge on any atom is 0.387 e. The summed E-state index contributed by atoms with van der Waals surface area (Å²) >= 11 is 6.04. The van der Waals surface area contributed by atoms with E-state index in [0.29, 0.717) is 12.3 Å². The zero-order chi connectivity index (χ0) is 21.7. The number of hydrogen-bond donors (Lipinski definition) is 2. The van der Waals surface area contributed by atoms with Gasteiger partial charge in [-0.15, -0.1) is 0 Å². The lowest BCUT2D eigenvalue weighted by Gasteiger charge is -2.13. The molecule has 1 heterocycles. The monoisotopic (exact) mass is 460 g/mol. The zero-order valence-electron chi connectivity index (χ0n) is 15.6. The smallest absolute Gasteiger partial charge is 0.387 e. The molecule has 1 fully saturated rings. The molecule has 1 saturated heterocycles. The minimum absolute atomic E-state index is 0.0279. The normalized spacial score (nSPS) is 16.6. The van der Waals surface area contributed by atoms with Crippen molar-refractivity contribution in [3.05, 3.63) is 53.1 Å². The van der Waals surface area contributed by atoms with E-state index >= 15 is 0 Å². The number of rotatable bonds is 8. The molecule has 1 aliphatic rings. The van der Waals surface area contributed by atoms with Crippen LogP contribution < -0.4 is 14.8 Å². The highest BCUT2D eigenvalue weighted by atomic mass is 35.5. The Morgan fingerprint density at radius 1 is 1.23 bits per heavy atom. The molecule has 2 aromatic carbocycles. The van der Waals surface area contributed by atoms with Crippen LogP contribution in [0, 0.1) is 0 Å². The van der Waals surface area contributed by atoms with Crippen LogP contribution in [0.3, 0.4) is 0 Å². The van der Waals surface area contributed by atoms with Crippen molar-refractivity contribution in [3.63, 3.8) is 0 Å². The van der Waals surface area contributed by atoms with Crippen LogP contribution >= 0.6 is 11.6 Å². The van der Waals surface area contributed by atoms with Crippen LogP contribution in [0.4, 0.5) is 14.5 Å². The third kappa shape index (κ3) is 5.88. The maximum absolute atomic E-state index is 12.6. The fraction of sp³-hybridized carbons (Fsp3) is 0.316. The van der Waals surface area contributed by atoms with Crippen LogP contribution in [0.25, 0.3) is 0 Å². The number of benzene rings is 2. The minimum atomic E-state index is -3.95. The van der Waals surface area contributed by atoms with Gasteiger partial charge in [0.25, 0.3) is 5.91 Å². The third-order valence-electron chi connectivity index (χ3n) is 4.35. The number of nitrogens with one attached hydrogen (secondary N) is 2. The number of hydrogen-bond acceptors (Lipinski definition) is 5. The second kappa shape index (κ2) is 9.69. The molecular weight excluding hydrogens is 442 g/mol. The van der Waals surface area contributed by atoms with Gasteiger partial charge in [0.2, 0.25) is 10.0 Å². The number of amides is 1. The fourth-order valence-corrected chi connectivity index (χ4v) is 4.45. The number of halogens is 3. The Labute approximate surface area is 177 Å². The molecule has 11 heteroatoms. The summed E-state index contributed by atoms with van der Waals surface area (Å²) in [4.78, 5) is 12.3. The van der Waals surface area contributed by atoms with E-state index in [1.807, 2.05) is 0 Å². The second-order valence-electron chi connectivity index (χ2n) is 6.49. The molecule has 1 aliphatic heterocycles. The van der Waals surface area contributed by atoms with Crippen molar-refractivity contribution in [1.82, 2.24) is 4.72 Å². The zero-order valence-corrected chi connectivity index (χ0v) is 17.2. The summed E-state index contributed by atoms with van der Waals surface area (Å²) < 4.78 is 61.7. The SMILES string of the molecule is O=C(Nc1ccc(OC(F)F)cc1)c1ccc(Cl)c(S(=O)(=O)NCC2CCCO2)c1. The summed E-state index contributed by atoms with van der Waals surface area (Å²) in [5.74, 6) is -0.648. The first-order chi connectivity index (χ1) is 14.2. The van der Waals surface area contributed by atoms with Crippen molar-refractivity contribution >= 4 is 33.2 Å². The Bertz CT molecular complexity index is 996. The van der Waals surface area contributed by atoms with Crippen LogP contribution in [0.15, 0.2) is 47.4 Å². The summed E-state index contributed by atoms with van der Waals surface area (Å²) in [7, 11) is -3.95. The topological polar surface area (TPSA) is 93.7 Å². The quantitative estimate of drug-likeness (QED) is 0.627. The minimum Gasteiger partial charge on any atom is -0.435 e. The molecule has 2 aromatic rings. The van der Waals surface area contributed by atoms with Gasteiger partial charge in [0.1, 0.15) is 10.6 Å². The first-order valence-corrected chi connectivity index (χ1v) is 10.9. The van der Waals surface area contributed by atoms with E-state index in [4.69, 9.17) is 16.3 Å². The van der Waals surface area contributed by atoms with Gasteiger partial charge in [-0.05, 0) is 55.3 Å². The first kappa shape index (κ1) is 22.4. The van der Waals surface area contributed by atoms with Crippen LogP contribution in [0.5, 0.6) is 5.75 Å². The van der Waals surface area contributed by atoms with E-state index in [1.54, 1.807) is 0 Å². The van der Waals surface area contributed by atoms with Crippen molar-refractivity contribution < 1.29 is 31.5 Å². The van der Waals surface area contributed by atoms with Gasteiger partial charge in [0.05, 0.1) is 11.1 Å². The van der Waals surface area contributed by atoms with Crippen molar-refractivity contribution in [2.24, 2.45) is 0 Å². The molecular formula is C19H19ClF2N2O5S. The lowest BCUT2D eigenvalue weighted by atomic mass is 10.2. The highest BCUT2D eigenvalue weighted by molar-refractivity contribution is 7.89. The molecule has 30 heavy (non-hydrogen) atoms. The van der Waals surface area contributed by atoms with Gasteiger partial charge in [-0.2, -0.15) is 8.78 Å². The summed E-state index contributed by atoms with van der Waals surface area (Å²) in [5.41, 5.74) is 0.377. The lowest BCUT2D eigenvalue weighted by Crippen LogP contribution is -2.32. The van der Waals surface area contributed by atoms with Crippen molar-refractivity contribution in [1.29, 1.82) is 0 Å². The Hall–Kier alpha value is -2.27. The number of carbonyl (C=O) groups excluding carboxylic acids is 1. The van der Waals surface area contributed by atoms with E-state index in [-0.39, 0.29) is 33.9 Å². The molecule has 1 unspecified atom stereocenters. The van der Waals surface area contributed by atoms with Crippen LogP contribution in [0.1, 0.15) is 23.2 Å². The molecule has 162 valence electrons. The number of alkyl halides is 2. The Balaban J connectivity index is 1.71. The van der Waals surface area contributed by atoms with Crippen LogP contribution in [-0.4, -0.2) is 40.2 Å². The molecule has 3 rings (SSSR count). The predicted octanol–water partition coefficient (Wildman–Crippen LogP) is 3.65. The number of carbonyl (C=O) groups is 1. The van der Waals surface area contributed by atoms with Crippen molar-refractivity contribution in [3.8, 4) is 5.75 Å². The van der Waals surface area contributed by atoms with Gasteiger partial charge in [0.15, 0.2) is 0 Å². The third-order valence-corrected chi connectivity index (χ3v) is 6.25. The molecule has 0 bridgehead atoms. The lowest BCUT2D eigenvalue weighted by molar-refractivity contribution is -0.0498. The molecule has 0 spiro atoms. The molecule has 0 saturated carbocycles. The van der Waals surface area contributed by atoms with Gasteiger partial charge in [-0.25, -0.2) is 13.1 Å². The van der Waals surface area contributed by atoms with Crippen molar-refractivity contribution in [2.75, 3.05) is 18.5 Å². The molecule has 7 nitrogen and oxygen atoms in total. The Morgan fingerprint density at radius 3 is 2.60 bits per heavy atom. The summed E-state index contributed by atoms with van der Waals surface area (Å²) in [6, 6.07) is 9.17. The molecule has 1 amide bonds. The summed E-state index contributed by atoms with van der Waals surface area (Å²) in [5, 5.41) is 2.53. The molecule has 2 N–H and O–H groups in total. The van der Waals surface area contributed by atoms with Gasteiger partial charge in [0, 0.05) is 24.4 Å². The van der Waals surface area contributed by atoms with E-state index in [0.717, 1.165) is 12.8 Å². The average molecular weight is 461 g/mol. The van der Waals surface area contributed by atoms with Crippen LogP contribution in [0.2, 0.25) is 5.02 Å². The second-order valence-corrected chi connectivity index (χ2v) is 8.63. The van der Waals surface area contributed by atoms with E-state index in [9.17, 15) is 22.0 Å². The first-order valence-electron chi connectivity index (χ1n) is 9.01. The van der Waals surface area contributed by atoms with Crippen LogP contribution in [-0.2, 0) is 14.8 Å². The fourth-order valence-electron chi connectivity index (χ4n) is 2.86. The van der Waals surface area contributed by atoms with Gasteiger partial charge < -0.3 is 14.8 Å². The number of sulfonamides is 1. The van der Waals surface area contributed by atoms with Crippen molar-refractivity contribution in [2.45, 2.75) is 30.5 Å². The van der Waals surface area contributed by atoms with E-state index < -0.39 is 22.5 Å². The molecule has 1 atom stereocenters. The largest absolute Gasteiger partial charge is 0.435 e. The van der Waals surface area contributed by atoms with Gasteiger partial charge >= 0.3 is 6.61 Å². The van der Waals surface area contributed by atoms with Gasteiger partial charge in [-0.1, -0.05) is 11.6 Å². The van der Waals surface area contributed by atoms with Gasteiger partial charge in [-0.3, -0.25) is 4.79 Å². The maximum atomic E-state index is 12.6. The Morgan fingerprint density at radius 2 is 1.97 bits per heavy atom. The summed E-state index contributed by atoms with van der Waals surface area (Å²) in [6.07, 6.45) is 1.44. The molecule has 0 aliphatic carbocycles. The standard InChI is InChI=1S/C19H19ClF2N2O5S/c20-16-8-3-12(10-17(16)30(26,27)23-11-15-2-1-9-28-15)18(25)24-13-4-6-14(7-5-13)29-19(21)22/h3-8,10,15,19,23H,1-2,9,11H2,(H,24,25). The van der Waals surface area contributed by atoms with E-state index in [2.05, 4.69) is 14.8 Å². The molecule has 0 aromatic heterocycles. The number of anilines is 1. The highest BCUT2D eigenvalue weighted by Crippen LogP contribution is 2.24. The predicted molar refractivity (Wildman–Crippen MR) is 107 cm³/mol. The number of ether oxygens (including phenoxy) is 2. The Kier molecular flexibility index (Phi) is 7.24.